The van der Waals surface area contributed by atoms with Gasteiger partial charge in [-0.3, -0.25) is 14.5 Å². The number of anilines is 2. The van der Waals surface area contributed by atoms with E-state index in [1.165, 1.54) is 7.11 Å². The number of amides is 1. The van der Waals surface area contributed by atoms with Crippen LogP contribution >= 0.6 is 11.6 Å². The zero-order valence-corrected chi connectivity index (χ0v) is 27.3. The van der Waals surface area contributed by atoms with Crippen molar-refractivity contribution in [2.75, 3.05) is 44.2 Å². The predicted octanol–water partition coefficient (Wildman–Crippen LogP) is 5.36. The first-order chi connectivity index (χ1) is 21.7. The van der Waals surface area contributed by atoms with Crippen LogP contribution in [-0.2, 0) is 20.7 Å². The van der Waals surface area contributed by atoms with E-state index < -0.39 is 6.04 Å². The average molecular weight is 636 g/mol. The van der Waals surface area contributed by atoms with E-state index in [9.17, 15) is 9.59 Å². The topological polar surface area (TPSA) is 106 Å². The monoisotopic (exact) mass is 635 g/mol. The zero-order valence-electron chi connectivity index (χ0n) is 26.6. The minimum absolute atomic E-state index is 0.0547. The maximum Gasteiger partial charge on any atom is 0.319 e. The number of benzene rings is 2. The molecule has 3 aromatic rings. The van der Waals surface area contributed by atoms with Crippen molar-refractivity contribution in [1.29, 1.82) is 0 Å². The molecule has 2 heterocycles. The molecule has 1 amide bonds. The zero-order chi connectivity index (χ0) is 32.1. The first-order valence-corrected chi connectivity index (χ1v) is 15.8. The molecular formula is C34H42ClN5O5. The highest BCUT2D eigenvalue weighted by atomic mass is 35.5. The maximum atomic E-state index is 13.8. The second kappa shape index (κ2) is 14.5. The summed E-state index contributed by atoms with van der Waals surface area (Å²) in [6, 6.07) is 11.3. The van der Waals surface area contributed by atoms with Crippen LogP contribution in [0.2, 0.25) is 5.02 Å². The van der Waals surface area contributed by atoms with Crippen molar-refractivity contribution >= 4 is 35.1 Å². The lowest BCUT2D eigenvalue weighted by Crippen LogP contribution is -2.41. The molecule has 2 aliphatic rings. The number of halogens is 1. The van der Waals surface area contributed by atoms with Crippen LogP contribution in [0.25, 0.3) is 0 Å². The van der Waals surface area contributed by atoms with Crippen molar-refractivity contribution in [1.82, 2.24) is 15.3 Å². The van der Waals surface area contributed by atoms with E-state index in [2.05, 4.69) is 10.2 Å². The molecule has 11 heteroatoms. The summed E-state index contributed by atoms with van der Waals surface area (Å²) in [5.41, 5.74) is 2.71. The summed E-state index contributed by atoms with van der Waals surface area (Å²) in [5, 5.41) is 3.91. The first kappa shape index (κ1) is 32.5. The Labute approximate surface area is 270 Å². The van der Waals surface area contributed by atoms with Crippen LogP contribution < -0.4 is 24.6 Å². The molecule has 45 heavy (non-hydrogen) atoms. The van der Waals surface area contributed by atoms with Crippen molar-refractivity contribution in [2.24, 2.45) is 5.92 Å². The van der Waals surface area contributed by atoms with Crippen LogP contribution in [0.5, 0.6) is 11.5 Å². The quantitative estimate of drug-likeness (QED) is 0.279. The van der Waals surface area contributed by atoms with Crippen LogP contribution in [0.1, 0.15) is 62.3 Å². The molecule has 0 spiro atoms. The maximum absolute atomic E-state index is 13.8. The summed E-state index contributed by atoms with van der Waals surface area (Å²) in [5.74, 6) is 2.62. The highest BCUT2D eigenvalue weighted by Gasteiger charge is 2.37. The van der Waals surface area contributed by atoms with Crippen molar-refractivity contribution < 1.29 is 23.8 Å². The van der Waals surface area contributed by atoms with Gasteiger partial charge in [0.25, 0.3) is 0 Å². The number of carbonyl (C=O) groups is 2. The Morgan fingerprint density at radius 2 is 1.80 bits per heavy atom. The Kier molecular flexibility index (Phi) is 10.5. The third-order valence-electron chi connectivity index (χ3n) is 8.54. The Hall–Kier alpha value is -3.89. The third kappa shape index (κ3) is 7.68. The molecule has 1 atom stereocenters. The predicted molar refractivity (Wildman–Crippen MR) is 174 cm³/mol. The molecule has 1 aliphatic carbocycles. The van der Waals surface area contributed by atoms with Gasteiger partial charge in [0.2, 0.25) is 5.91 Å². The fourth-order valence-electron chi connectivity index (χ4n) is 6.26. The van der Waals surface area contributed by atoms with Gasteiger partial charge in [0.1, 0.15) is 5.82 Å². The fourth-order valence-corrected chi connectivity index (χ4v) is 6.39. The number of nitrogens with zero attached hydrogens (tertiary/aromatic N) is 4. The summed E-state index contributed by atoms with van der Waals surface area (Å²) in [4.78, 5) is 38.6. The number of ether oxygens (including phenoxy) is 3. The lowest BCUT2D eigenvalue weighted by atomic mass is 9.85. The first-order valence-electron chi connectivity index (χ1n) is 15.4. The molecule has 1 fully saturated rings. The molecule has 2 aromatic carbocycles. The number of hydrogen-bond acceptors (Lipinski definition) is 9. The van der Waals surface area contributed by atoms with Gasteiger partial charge in [0, 0.05) is 24.7 Å². The number of carbonyl (C=O) groups excluding carboxylic acids is 2. The van der Waals surface area contributed by atoms with Crippen molar-refractivity contribution in [3.05, 3.63) is 70.5 Å². The van der Waals surface area contributed by atoms with Crippen LogP contribution in [0.15, 0.2) is 48.8 Å². The minimum atomic E-state index is -0.459. The second-order valence-electron chi connectivity index (χ2n) is 12.1. The van der Waals surface area contributed by atoms with Gasteiger partial charge in [-0.2, -0.15) is 0 Å². The molecule has 1 unspecified atom stereocenters. The SMILES string of the molecule is COC(=O)CN[C@H]1CC[C@@H](CN(C)c2cnc(N3C(=O)Cc4cc(OC)c(OC(C)C)cc4C3c3ccc(Cl)cc3)cn2)CC1. The molecule has 1 saturated carbocycles. The van der Waals surface area contributed by atoms with Crippen LogP contribution in [0, 0.1) is 5.92 Å². The highest BCUT2D eigenvalue weighted by Crippen LogP contribution is 2.43. The summed E-state index contributed by atoms with van der Waals surface area (Å²) >= 11 is 6.25. The largest absolute Gasteiger partial charge is 0.493 e. The van der Waals surface area contributed by atoms with Crippen LogP contribution in [0.3, 0.4) is 0 Å². The molecule has 1 N–H and O–H groups in total. The summed E-state index contributed by atoms with van der Waals surface area (Å²) in [7, 11) is 5.03. The molecule has 0 bridgehead atoms. The standard InChI is InChI=1S/C34H42ClN5O5/c1-21(2)45-29-16-27-24(14-28(29)43-4)15-32(41)40(34(27)23-8-10-25(35)11-9-23)31-18-37-30(17-38-31)39(3)20-22-6-12-26(13-7-22)36-19-33(42)44-5/h8-11,14,16-18,21-22,26,34,36H,6-7,12-13,15,19-20H2,1-5H3/t22-,26+,34?. The Bertz CT molecular complexity index is 1480. The van der Waals surface area contributed by atoms with Gasteiger partial charge >= 0.3 is 5.97 Å². The van der Waals surface area contributed by atoms with E-state index >= 15 is 0 Å². The van der Waals surface area contributed by atoms with E-state index in [1.54, 1.807) is 24.4 Å². The van der Waals surface area contributed by atoms with Crippen molar-refractivity contribution in [3.8, 4) is 11.5 Å². The van der Waals surface area contributed by atoms with Gasteiger partial charge < -0.3 is 24.4 Å². The van der Waals surface area contributed by atoms with Gasteiger partial charge in [0.05, 0.1) is 51.7 Å². The van der Waals surface area contributed by atoms with Gasteiger partial charge in [-0.1, -0.05) is 23.7 Å². The van der Waals surface area contributed by atoms with Crippen molar-refractivity contribution in [2.45, 2.75) is 64.1 Å². The van der Waals surface area contributed by atoms with E-state index in [4.69, 9.17) is 35.8 Å². The summed E-state index contributed by atoms with van der Waals surface area (Å²) in [6.07, 6.45) is 7.71. The minimum Gasteiger partial charge on any atom is -0.493 e. The van der Waals surface area contributed by atoms with Gasteiger partial charge in [-0.15, -0.1) is 0 Å². The third-order valence-corrected chi connectivity index (χ3v) is 8.79. The number of methoxy groups -OCH3 is 2. The molecule has 0 radical (unpaired) electrons. The lowest BCUT2D eigenvalue weighted by Gasteiger charge is -2.37. The normalized spacial score (nSPS) is 19.7. The van der Waals surface area contributed by atoms with E-state index in [1.807, 2.05) is 57.3 Å². The molecule has 5 rings (SSSR count). The number of rotatable bonds is 11. The van der Waals surface area contributed by atoms with Gasteiger partial charge in [-0.25, -0.2) is 9.97 Å². The Morgan fingerprint density at radius 1 is 1.07 bits per heavy atom. The number of nitrogens with one attached hydrogen (secondary N) is 1. The number of hydrogen-bond donors (Lipinski definition) is 1. The van der Waals surface area contributed by atoms with Gasteiger partial charge in [-0.05, 0) is 86.4 Å². The molecule has 0 saturated heterocycles. The molecular weight excluding hydrogens is 594 g/mol. The molecule has 240 valence electrons. The highest BCUT2D eigenvalue weighted by molar-refractivity contribution is 6.30. The van der Waals surface area contributed by atoms with E-state index in [-0.39, 0.29) is 30.9 Å². The Balaban J connectivity index is 1.36. The van der Waals surface area contributed by atoms with Crippen LogP contribution in [0.4, 0.5) is 11.6 Å². The van der Waals surface area contributed by atoms with Crippen molar-refractivity contribution in [3.63, 3.8) is 0 Å². The number of fused-ring (bicyclic) bond motifs is 1. The summed E-state index contributed by atoms with van der Waals surface area (Å²) < 4.78 is 16.5. The molecule has 10 nitrogen and oxygen atoms in total. The average Bonchev–Trinajstić information content (AvgIpc) is 3.04. The van der Waals surface area contributed by atoms with Crippen LogP contribution in [-0.4, -0.2) is 68.3 Å². The lowest BCUT2D eigenvalue weighted by molar-refractivity contribution is -0.139. The Morgan fingerprint density at radius 3 is 2.42 bits per heavy atom. The van der Waals surface area contributed by atoms with E-state index in [0.717, 1.165) is 54.7 Å². The summed E-state index contributed by atoms with van der Waals surface area (Å²) in [6.45, 7) is 5.03. The van der Waals surface area contributed by atoms with E-state index in [0.29, 0.717) is 34.3 Å². The smallest absolute Gasteiger partial charge is 0.319 e. The number of esters is 1. The second-order valence-corrected chi connectivity index (χ2v) is 12.5. The molecule has 1 aliphatic heterocycles. The molecule has 1 aromatic heterocycles. The fraction of sp³-hybridized carbons (Fsp3) is 0.471. The number of aromatic nitrogens is 2. The van der Waals surface area contributed by atoms with Gasteiger partial charge in [0.15, 0.2) is 17.3 Å².